The largest absolute Gasteiger partial charge is 0.308 e. The van der Waals surface area contributed by atoms with E-state index in [1.54, 1.807) is 11.3 Å². The Balaban J connectivity index is 1.91. The predicted molar refractivity (Wildman–Crippen MR) is 87.3 cm³/mol. The zero-order valence-corrected chi connectivity index (χ0v) is 12.4. The van der Waals surface area contributed by atoms with Gasteiger partial charge in [0, 0.05) is 16.9 Å². The zero-order valence-electron chi connectivity index (χ0n) is 11.5. The van der Waals surface area contributed by atoms with E-state index in [1.165, 1.54) is 24.8 Å². The van der Waals surface area contributed by atoms with E-state index < -0.39 is 0 Å². The van der Waals surface area contributed by atoms with Gasteiger partial charge in [0.25, 0.3) is 0 Å². The molecule has 1 saturated carbocycles. The van der Waals surface area contributed by atoms with Gasteiger partial charge in [-0.15, -0.1) is 11.3 Å². The maximum absolute atomic E-state index is 5.71. The molecule has 1 fully saturated rings. The first kappa shape index (κ1) is 12.7. The Labute approximate surface area is 127 Å². The molecule has 1 aromatic carbocycles. The van der Waals surface area contributed by atoms with Crippen molar-refractivity contribution in [2.45, 2.75) is 25.2 Å². The standard InChI is InChI=1S/C16H16N4S/c17-20-15-13-12(10-5-2-1-3-6-10)9-21-16(13)19-14(18-15)11-7-4-8-11/h1-3,5-6,9,11H,4,7-8,17H2,(H,18,19,20). The summed E-state index contributed by atoms with van der Waals surface area (Å²) in [5.41, 5.74) is 5.07. The minimum absolute atomic E-state index is 0.503. The fourth-order valence-electron chi connectivity index (χ4n) is 2.74. The molecule has 3 N–H and O–H groups in total. The van der Waals surface area contributed by atoms with Gasteiger partial charge in [-0.3, -0.25) is 0 Å². The normalized spacial score (nSPS) is 15.1. The molecule has 0 bridgehead atoms. The Bertz CT molecular complexity index is 778. The van der Waals surface area contributed by atoms with Crippen LogP contribution in [-0.4, -0.2) is 9.97 Å². The second-order valence-corrected chi connectivity index (χ2v) is 6.26. The number of rotatable bonds is 3. The van der Waals surface area contributed by atoms with Crippen molar-refractivity contribution < 1.29 is 0 Å². The zero-order chi connectivity index (χ0) is 14.2. The van der Waals surface area contributed by atoms with E-state index in [0.29, 0.717) is 5.92 Å². The van der Waals surface area contributed by atoms with E-state index >= 15 is 0 Å². The van der Waals surface area contributed by atoms with Crippen LogP contribution in [0, 0.1) is 0 Å². The molecule has 2 heterocycles. The Morgan fingerprint density at radius 3 is 2.62 bits per heavy atom. The number of thiophene rings is 1. The van der Waals surface area contributed by atoms with Gasteiger partial charge in [0.2, 0.25) is 0 Å². The van der Waals surface area contributed by atoms with Crippen LogP contribution in [0.15, 0.2) is 35.7 Å². The van der Waals surface area contributed by atoms with Gasteiger partial charge in [-0.25, -0.2) is 15.8 Å². The van der Waals surface area contributed by atoms with Gasteiger partial charge in [0.05, 0.1) is 5.39 Å². The fraction of sp³-hybridized carbons (Fsp3) is 0.250. The summed E-state index contributed by atoms with van der Waals surface area (Å²) in [5.74, 6) is 7.89. The van der Waals surface area contributed by atoms with Crippen LogP contribution in [0.1, 0.15) is 31.0 Å². The molecule has 5 heteroatoms. The Morgan fingerprint density at radius 2 is 1.95 bits per heavy atom. The number of nitrogens with one attached hydrogen (secondary N) is 1. The van der Waals surface area contributed by atoms with E-state index in [0.717, 1.165) is 27.4 Å². The van der Waals surface area contributed by atoms with Crippen LogP contribution >= 0.6 is 11.3 Å². The van der Waals surface area contributed by atoms with Crippen molar-refractivity contribution in [3.05, 3.63) is 41.5 Å². The third-order valence-corrected chi connectivity index (χ3v) is 5.01. The number of anilines is 1. The van der Waals surface area contributed by atoms with Crippen molar-refractivity contribution in [2.24, 2.45) is 5.84 Å². The predicted octanol–water partition coefficient (Wildman–Crippen LogP) is 3.91. The number of hydrogen-bond acceptors (Lipinski definition) is 5. The van der Waals surface area contributed by atoms with Gasteiger partial charge in [-0.2, -0.15) is 0 Å². The lowest BCUT2D eigenvalue weighted by molar-refractivity contribution is 0.403. The van der Waals surface area contributed by atoms with E-state index in [-0.39, 0.29) is 0 Å². The van der Waals surface area contributed by atoms with E-state index in [2.05, 4.69) is 27.9 Å². The fourth-order valence-corrected chi connectivity index (χ4v) is 3.70. The molecule has 1 aliphatic carbocycles. The monoisotopic (exact) mass is 296 g/mol. The Kier molecular flexibility index (Phi) is 3.09. The van der Waals surface area contributed by atoms with Crippen LogP contribution in [0.2, 0.25) is 0 Å². The smallest absolute Gasteiger partial charge is 0.153 e. The molecule has 0 aliphatic heterocycles. The minimum atomic E-state index is 0.503. The van der Waals surface area contributed by atoms with Crippen LogP contribution in [0.5, 0.6) is 0 Å². The highest BCUT2D eigenvalue weighted by molar-refractivity contribution is 7.17. The lowest BCUT2D eigenvalue weighted by Crippen LogP contribution is -2.16. The first-order valence-electron chi connectivity index (χ1n) is 7.18. The molecule has 21 heavy (non-hydrogen) atoms. The van der Waals surface area contributed by atoms with Gasteiger partial charge in [0.1, 0.15) is 10.7 Å². The van der Waals surface area contributed by atoms with E-state index in [1.807, 2.05) is 18.2 Å². The number of hydrogen-bond donors (Lipinski definition) is 2. The first-order chi connectivity index (χ1) is 10.4. The average Bonchev–Trinajstić information content (AvgIpc) is 2.89. The van der Waals surface area contributed by atoms with E-state index in [4.69, 9.17) is 10.8 Å². The minimum Gasteiger partial charge on any atom is -0.308 e. The van der Waals surface area contributed by atoms with Crippen molar-refractivity contribution in [3.63, 3.8) is 0 Å². The van der Waals surface area contributed by atoms with Gasteiger partial charge in [-0.05, 0) is 18.4 Å². The van der Waals surface area contributed by atoms with Gasteiger partial charge >= 0.3 is 0 Å². The second-order valence-electron chi connectivity index (χ2n) is 5.40. The lowest BCUT2D eigenvalue weighted by atomic mass is 9.85. The number of hydrazine groups is 1. The summed E-state index contributed by atoms with van der Waals surface area (Å²) >= 11 is 1.66. The maximum atomic E-state index is 5.71. The number of nitrogens with two attached hydrogens (primary N) is 1. The molecule has 0 atom stereocenters. The summed E-state index contributed by atoms with van der Waals surface area (Å²) in [4.78, 5) is 10.4. The molecule has 4 nitrogen and oxygen atoms in total. The molecule has 2 aromatic heterocycles. The topological polar surface area (TPSA) is 63.8 Å². The number of fused-ring (bicyclic) bond motifs is 1. The molecule has 0 spiro atoms. The van der Waals surface area contributed by atoms with Gasteiger partial charge in [0.15, 0.2) is 5.82 Å². The molecule has 3 aromatic rings. The highest BCUT2D eigenvalue weighted by Crippen LogP contribution is 2.40. The summed E-state index contributed by atoms with van der Waals surface area (Å²) in [5, 5.41) is 3.16. The summed E-state index contributed by atoms with van der Waals surface area (Å²) < 4.78 is 0. The van der Waals surface area contributed by atoms with Crippen LogP contribution in [0.25, 0.3) is 21.3 Å². The molecular weight excluding hydrogens is 280 g/mol. The van der Waals surface area contributed by atoms with Crippen molar-refractivity contribution in [1.29, 1.82) is 0 Å². The number of nitrogens with zero attached hydrogens (tertiary/aromatic N) is 2. The van der Waals surface area contributed by atoms with Crippen LogP contribution in [0.4, 0.5) is 5.82 Å². The molecule has 0 saturated heterocycles. The number of benzene rings is 1. The van der Waals surface area contributed by atoms with Crippen molar-refractivity contribution in [1.82, 2.24) is 9.97 Å². The van der Waals surface area contributed by atoms with Crippen LogP contribution in [-0.2, 0) is 0 Å². The summed E-state index contributed by atoms with van der Waals surface area (Å²) in [7, 11) is 0. The van der Waals surface area contributed by atoms with Gasteiger partial charge < -0.3 is 5.43 Å². The van der Waals surface area contributed by atoms with Gasteiger partial charge in [-0.1, -0.05) is 36.8 Å². The molecule has 106 valence electrons. The third-order valence-electron chi connectivity index (χ3n) is 4.14. The van der Waals surface area contributed by atoms with Crippen LogP contribution in [0.3, 0.4) is 0 Å². The number of aromatic nitrogens is 2. The SMILES string of the molecule is NNc1nc(C2CCC2)nc2scc(-c3ccccc3)c12. The Morgan fingerprint density at radius 1 is 1.14 bits per heavy atom. The highest BCUT2D eigenvalue weighted by atomic mass is 32.1. The molecule has 0 unspecified atom stereocenters. The molecule has 0 amide bonds. The molecule has 1 aliphatic rings. The molecule has 4 rings (SSSR count). The lowest BCUT2D eigenvalue weighted by Gasteiger charge is -2.24. The maximum Gasteiger partial charge on any atom is 0.153 e. The van der Waals surface area contributed by atoms with Crippen molar-refractivity contribution in [3.8, 4) is 11.1 Å². The Hall–Kier alpha value is -1.98. The molecular formula is C16H16N4S. The average molecular weight is 296 g/mol. The summed E-state index contributed by atoms with van der Waals surface area (Å²) in [6, 6.07) is 10.3. The quantitative estimate of drug-likeness (QED) is 0.568. The second kappa shape index (κ2) is 5.09. The van der Waals surface area contributed by atoms with Crippen LogP contribution < -0.4 is 11.3 Å². The van der Waals surface area contributed by atoms with Crippen molar-refractivity contribution in [2.75, 3.05) is 5.43 Å². The van der Waals surface area contributed by atoms with Crippen molar-refractivity contribution >= 4 is 27.4 Å². The summed E-state index contributed by atoms with van der Waals surface area (Å²) in [6.07, 6.45) is 3.65. The highest BCUT2D eigenvalue weighted by Gasteiger charge is 2.24. The number of nitrogen functional groups attached to an aromatic ring is 1. The summed E-state index contributed by atoms with van der Waals surface area (Å²) in [6.45, 7) is 0. The third kappa shape index (κ3) is 2.09. The van der Waals surface area contributed by atoms with E-state index in [9.17, 15) is 0 Å². The molecule has 0 radical (unpaired) electrons. The first-order valence-corrected chi connectivity index (χ1v) is 8.06.